The molecule has 0 atom stereocenters. The molecule has 104 valence electrons. The topological polar surface area (TPSA) is 103 Å². The van der Waals surface area contributed by atoms with Crippen LogP contribution in [0.25, 0.3) is 0 Å². The number of halogens is 1. The van der Waals surface area contributed by atoms with Crippen LogP contribution in [0.15, 0.2) is 34.8 Å². The second-order valence-electron chi connectivity index (χ2n) is 3.97. The summed E-state index contributed by atoms with van der Waals surface area (Å²) in [5, 5.41) is 3.03. The molecule has 0 radical (unpaired) electrons. The molecule has 0 saturated heterocycles. The summed E-state index contributed by atoms with van der Waals surface area (Å²) in [5.41, 5.74) is 12.3. The minimum absolute atomic E-state index is 0.147. The quantitative estimate of drug-likeness (QED) is 0.794. The van der Waals surface area contributed by atoms with Gasteiger partial charge in [0.15, 0.2) is 5.82 Å². The van der Waals surface area contributed by atoms with Crippen molar-refractivity contribution in [3.8, 4) is 5.75 Å². The molecule has 0 aliphatic rings. The van der Waals surface area contributed by atoms with E-state index in [9.17, 15) is 4.79 Å². The van der Waals surface area contributed by atoms with Crippen molar-refractivity contribution in [2.45, 2.75) is 0 Å². The lowest BCUT2D eigenvalue weighted by atomic mass is 10.2. The number of carbonyl (C=O) groups is 1. The molecule has 5 N–H and O–H groups in total. The number of hydrogen-bond acceptors (Lipinski definition) is 5. The summed E-state index contributed by atoms with van der Waals surface area (Å²) in [4.78, 5) is 15.2. The average molecular weight is 337 g/mol. The number of amides is 1. The smallest absolute Gasteiger partial charge is 0.267 e. The standard InChI is InChI=1S/C13H13BrN4O2/c1-20-11-5-2-7(6-8(11)14)17-13-9(15)3-4-10(18-13)12(16)19/h2-6H,15H2,1H3,(H2,16,19)(H,17,18). The Balaban J connectivity index is 2.32. The molecular formula is C13H13BrN4O2. The molecule has 0 spiro atoms. The minimum atomic E-state index is -0.607. The van der Waals surface area contributed by atoms with E-state index in [1.165, 1.54) is 6.07 Å². The first-order chi connectivity index (χ1) is 9.51. The summed E-state index contributed by atoms with van der Waals surface area (Å²) in [6.45, 7) is 0. The zero-order valence-corrected chi connectivity index (χ0v) is 12.3. The van der Waals surface area contributed by atoms with Crippen LogP contribution in [0.3, 0.4) is 0 Å². The highest BCUT2D eigenvalue weighted by Gasteiger charge is 2.08. The molecule has 2 aromatic rings. The van der Waals surface area contributed by atoms with Gasteiger partial charge in [0.2, 0.25) is 0 Å². The molecular weight excluding hydrogens is 324 g/mol. The molecule has 20 heavy (non-hydrogen) atoms. The molecule has 0 aliphatic carbocycles. The Morgan fingerprint density at radius 1 is 1.35 bits per heavy atom. The van der Waals surface area contributed by atoms with Crippen molar-refractivity contribution in [2.24, 2.45) is 5.73 Å². The highest BCUT2D eigenvalue weighted by atomic mass is 79.9. The van der Waals surface area contributed by atoms with Crippen molar-refractivity contribution in [1.82, 2.24) is 4.98 Å². The molecule has 7 heteroatoms. The maximum atomic E-state index is 11.1. The molecule has 0 unspecified atom stereocenters. The van der Waals surface area contributed by atoms with Crippen LogP contribution in [0.5, 0.6) is 5.75 Å². The van der Waals surface area contributed by atoms with E-state index in [0.29, 0.717) is 17.3 Å². The number of nitrogens with one attached hydrogen (secondary N) is 1. The van der Waals surface area contributed by atoms with E-state index in [2.05, 4.69) is 26.2 Å². The number of hydrogen-bond donors (Lipinski definition) is 3. The van der Waals surface area contributed by atoms with Crippen LogP contribution in [-0.2, 0) is 0 Å². The number of nitrogens with two attached hydrogens (primary N) is 2. The third-order valence-electron chi connectivity index (χ3n) is 2.59. The minimum Gasteiger partial charge on any atom is -0.496 e. The van der Waals surface area contributed by atoms with Gasteiger partial charge < -0.3 is 21.5 Å². The van der Waals surface area contributed by atoms with Crippen LogP contribution in [0.1, 0.15) is 10.5 Å². The second kappa shape index (κ2) is 5.79. The van der Waals surface area contributed by atoms with Gasteiger partial charge in [0.25, 0.3) is 5.91 Å². The predicted molar refractivity (Wildman–Crippen MR) is 81.1 cm³/mol. The number of ether oxygens (including phenoxy) is 1. The number of anilines is 3. The van der Waals surface area contributed by atoms with E-state index in [1.54, 1.807) is 19.2 Å². The van der Waals surface area contributed by atoms with Crippen LogP contribution in [0, 0.1) is 0 Å². The lowest BCUT2D eigenvalue weighted by Crippen LogP contribution is -2.14. The fourth-order valence-electron chi connectivity index (χ4n) is 1.59. The number of benzene rings is 1. The Morgan fingerprint density at radius 2 is 2.10 bits per heavy atom. The number of pyridine rings is 1. The van der Waals surface area contributed by atoms with Crippen LogP contribution in [-0.4, -0.2) is 18.0 Å². The van der Waals surface area contributed by atoms with Gasteiger partial charge >= 0.3 is 0 Å². The van der Waals surface area contributed by atoms with Crippen LogP contribution >= 0.6 is 15.9 Å². The molecule has 0 saturated carbocycles. The fourth-order valence-corrected chi connectivity index (χ4v) is 2.13. The maximum absolute atomic E-state index is 11.1. The molecule has 1 aromatic carbocycles. The van der Waals surface area contributed by atoms with Crippen LogP contribution in [0.4, 0.5) is 17.2 Å². The third-order valence-corrected chi connectivity index (χ3v) is 3.21. The largest absolute Gasteiger partial charge is 0.496 e. The Morgan fingerprint density at radius 3 is 2.70 bits per heavy atom. The van der Waals surface area contributed by atoms with Gasteiger partial charge in [-0.3, -0.25) is 4.79 Å². The fraction of sp³-hybridized carbons (Fsp3) is 0.0769. The van der Waals surface area contributed by atoms with Gasteiger partial charge in [-0.1, -0.05) is 0 Å². The van der Waals surface area contributed by atoms with Gasteiger partial charge in [-0.2, -0.15) is 0 Å². The Bertz CT molecular complexity index is 661. The van der Waals surface area contributed by atoms with E-state index in [-0.39, 0.29) is 5.69 Å². The summed E-state index contributed by atoms with van der Waals surface area (Å²) in [5.74, 6) is 0.477. The van der Waals surface area contributed by atoms with E-state index in [4.69, 9.17) is 16.2 Å². The van der Waals surface area contributed by atoms with E-state index in [0.717, 1.165) is 10.2 Å². The zero-order valence-electron chi connectivity index (χ0n) is 10.7. The first-order valence-electron chi connectivity index (χ1n) is 5.68. The predicted octanol–water partition coefficient (Wildman–Crippen LogP) is 2.28. The summed E-state index contributed by atoms with van der Waals surface area (Å²) in [7, 11) is 1.59. The monoisotopic (exact) mass is 336 g/mol. The third kappa shape index (κ3) is 3.00. The normalized spacial score (nSPS) is 10.1. The molecule has 0 aliphatic heterocycles. The van der Waals surface area contributed by atoms with Crippen LogP contribution in [0.2, 0.25) is 0 Å². The second-order valence-corrected chi connectivity index (χ2v) is 4.83. The van der Waals surface area contributed by atoms with Gasteiger partial charge in [-0.15, -0.1) is 0 Å². The van der Waals surface area contributed by atoms with Gasteiger partial charge in [0.1, 0.15) is 11.4 Å². The summed E-state index contributed by atoms with van der Waals surface area (Å²) >= 11 is 3.39. The number of carbonyl (C=O) groups excluding carboxylic acids is 1. The van der Waals surface area contributed by atoms with Crippen LogP contribution < -0.4 is 21.5 Å². The first kappa shape index (κ1) is 14.1. The van der Waals surface area contributed by atoms with Crippen molar-refractivity contribution >= 4 is 39.0 Å². The lowest BCUT2D eigenvalue weighted by molar-refractivity contribution is 0.0996. The molecule has 0 bridgehead atoms. The number of rotatable bonds is 4. The highest BCUT2D eigenvalue weighted by molar-refractivity contribution is 9.10. The zero-order chi connectivity index (χ0) is 14.7. The Labute approximate surface area is 124 Å². The van der Waals surface area contributed by atoms with Crippen molar-refractivity contribution in [3.63, 3.8) is 0 Å². The van der Waals surface area contributed by atoms with Gasteiger partial charge in [0.05, 0.1) is 17.3 Å². The van der Waals surface area contributed by atoms with E-state index in [1.807, 2.05) is 12.1 Å². The lowest BCUT2D eigenvalue weighted by Gasteiger charge is -2.11. The average Bonchev–Trinajstić information content (AvgIpc) is 2.41. The van der Waals surface area contributed by atoms with Crippen molar-refractivity contribution < 1.29 is 9.53 Å². The SMILES string of the molecule is COc1ccc(Nc2nc(C(N)=O)ccc2N)cc1Br. The number of primary amides is 1. The first-order valence-corrected chi connectivity index (χ1v) is 6.47. The summed E-state index contributed by atoms with van der Waals surface area (Å²) in [6.07, 6.45) is 0. The van der Waals surface area contributed by atoms with Gasteiger partial charge in [-0.05, 0) is 46.3 Å². The Hall–Kier alpha value is -2.28. The van der Waals surface area contributed by atoms with E-state index >= 15 is 0 Å². The molecule has 6 nitrogen and oxygen atoms in total. The van der Waals surface area contributed by atoms with Crippen molar-refractivity contribution in [1.29, 1.82) is 0 Å². The maximum Gasteiger partial charge on any atom is 0.267 e. The number of methoxy groups -OCH3 is 1. The molecule has 2 rings (SSSR count). The summed E-state index contributed by atoms with van der Waals surface area (Å²) in [6, 6.07) is 8.47. The van der Waals surface area contributed by atoms with Crippen molar-refractivity contribution in [2.75, 3.05) is 18.2 Å². The molecule has 1 amide bonds. The molecule has 1 heterocycles. The number of nitrogens with zero attached hydrogens (tertiary/aromatic N) is 1. The highest BCUT2D eigenvalue weighted by Crippen LogP contribution is 2.30. The molecule has 1 aromatic heterocycles. The van der Waals surface area contributed by atoms with Crippen molar-refractivity contribution in [3.05, 3.63) is 40.5 Å². The number of nitrogen functional groups attached to an aromatic ring is 1. The number of aromatic nitrogens is 1. The van der Waals surface area contributed by atoms with Gasteiger partial charge in [-0.25, -0.2) is 4.98 Å². The molecule has 0 fully saturated rings. The Kier molecular flexibility index (Phi) is 4.09. The van der Waals surface area contributed by atoms with E-state index < -0.39 is 5.91 Å². The summed E-state index contributed by atoms with van der Waals surface area (Å²) < 4.78 is 5.94. The van der Waals surface area contributed by atoms with Gasteiger partial charge in [0, 0.05) is 5.69 Å².